The minimum absolute atomic E-state index is 0.602. The number of anilines is 1. The number of nitrogens with two attached hydrogens (primary N) is 1. The SMILES string of the molecule is Cc1cccc(C)c1N(N=Cc1ccccc1)C(N)=O. The van der Waals surface area contributed by atoms with Crippen LogP contribution in [0.4, 0.5) is 10.5 Å². The van der Waals surface area contributed by atoms with Crippen molar-refractivity contribution in [3.8, 4) is 0 Å². The molecule has 0 aliphatic carbocycles. The average molecular weight is 267 g/mol. The topological polar surface area (TPSA) is 58.7 Å². The second-order valence-electron chi connectivity index (χ2n) is 4.55. The molecular formula is C16H17N3O. The summed E-state index contributed by atoms with van der Waals surface area (Å²) in [6, 6.07) is 14.8. The van der Waals surface area contributed by atoms with Gasteiger partial charge in [-0.1, -0.05) is 48.5 Å². The number of aryl methyl sites for hydroxylation is 2. The van der Waals surface area contributed by atoms with Crippen molar-refractivity contribution in [1.29, 1.82) is 0 Å². The predicted molar refractivity (Wildman–Crippen MR) is 82.0 cm³/mol. The highest BCUT2D eigenvalue weighted by molar-refractivity contribution is 5.94. The van der Waals surface area contributed by atoms with Crippen LogP contribution in [0.3, 0.4) is 0 Å². The third kappa shape index (κ3) is 3.03. The minimum Gasteiger partial charge on any atom is -0.350 e. The summed E-state index contributed by atoms with van der Waals surface area (Å²) in [7, 11) is 0. The van der Waals surface area contributed by atoms with Gasteiger partial charge < -0.3 is 5.73 Å². The van der Waals surface area contributed by atoms with Crippen LogP contribution in [0, 0.1) is 13.8 Å². The van der Waals surface area contributed by atoms with Gasteiger partial charge in [0.05, 0.1) is 11.9 Å². The smallest absolute Gasteiger partial charge is 0.340 e. The van der Waals surface area contributed by atoms with E-state index in [0.717, 1.165) is 22.4 Å². The van der Waals surface area contributed by atoms with E-state index in [1.165, 1.54) is 5.01 Å². The van der Waals surface area contributed by atoms with Gasteiger partial charge in [0.2, 0.25) is 0 Å². The second-order valence-corrected chi connectivity index (χ2v) is 4.55. The lowest BCUT2D eigenvalue weighted by Crippen LogP contribution is -2.32. The van der Waals surface area contributed by atoms with Crippen molar-refractivity contribution in [3.05, 3.63) is 65.2 Å². The highest BCUT2D eigenvalue weighted by Gasteiger charge is 2.15. The standard InChI is InChI=1S/C16H17N3O/c1-12-7-6-8-13(2)15(12)19(16(17)20)18-11-14-9-4-3-5-10-14/h3-11H,1-2H3,(H2,17,20). The third-order valence-corrected chi connectivity index (χ3v) is 2.98. The Labute approximate surface area is 118 Å². The van der Waals surface area contributed by atoms with Crippen molar-refractivity contribution in [2.24, 2.45) is 10.8 Å². The van der Waals surface area contributed by atoms with Crippen molar-refractivity contribution >= 4 is 17.9 Å². The first-order valence-electron chi connectivity index (χ1n) is 6.34. The number of hydrogen-bond acceptors (Lipinski definition) is 2. The van der Waals surface area contributed by atoms with Crippen LogP contribution in [-0.2, 0) is 0 Å². The number of hydrogen-bond donors (Lipinski definition) is 1. The molecule has 4 heteroatoms. The quantitative estimate of drug-likeness (QED) is 0.673. The van der Waals surface area contributed by atoms with Crippen LogP contribution >= 0.6 is 0 Å². The Balaban J connectivity index is 2.38. The van der Waals surface area contributed by atoms with Crippen LogP contribution in [0.5, 0.6) is 0 Å². The largest absolute Gasteiger partial charge is 0.350 e. The Bertz CT molecular complexity index is 615. The van der Waals surface area contributed by atoms with E-state index in [1.807, 2.05) is 62.4 Å². The Hall–Kier alpha value is -2.62. The molecule has 0 fully saturated rings. The molecule has 0 atom stereocenters. The summed E-state index contributed by atoms with van der Waals surface area (Å²) in [6.45, 7) is 3.85. The van der Waals surface area contributed by atoms with Gasteiger partial charge in [-0.3, -0.25) is 0 Å². The first-order chi connectivity index (χ1) is 9.59. The Morgan fingerprint density at radius 1 is 1.05 bits per heavy atom. The normalized spacial score (nSPS) is 10.7. The van der Waals surface area contributed by atoms with Crippen molar-refractivity contribution in [3.63, 3.8) is 0 Å². The van der Waals surface area contributed by atoms with Gasteiger partial charge in [0, 0.05) is 0 Å². The summed E-state index contributed by atoms with van der Waals surface area (Å²) < 4.78 is 0. The van der Waals surface area contributed by atoms with Gasteiger partial charge in [-0.05, 0) is 30.5 Å². The molecule has 2 N–H and O–H groups in total. The molecule has 0 saturated carbocycles. The Morgan fingerprint density at radius 3 is 2.20 bits per heavy atom. The summed E-state index contributed by atoms with van der Waals surface area (Å²) in [5, 5.41) is 5.45. The lowest BCUT2D eigenvalue weighted by atomic mass is 10.1. The summed E-state index contributed by atoms with van der Waals surface area (Å²) in [5.41, 5.74) is 8.99. The summed E-state index contributed by atoms with van der Waals surface area (Å²) in [4.78, 5) is 11.7. The van der Waals surface area contributed by atoms with Gasteiger partial charge in [-0.25, -0.2) is 4.79 Å². The lowest BCUT2D eigenvalue weighted by molar-refractivity contribution is 0.254. The van der Waals surface area contributed by atoms with Crippen LogP contribution < -0.4 is 10.7 Å². The number of benzene rings is 2. The first-order valence-corrected chi connectivity index (χ1v) is 6.34. The minimum atomic E-state index is -0.602. The number of rotatable bonds is 3. The number of para-hydroxylation sites is 1. The van der Waals surface area contributed by atoms with Gasteiger partial charge >= 0.3 is 6.03 Å². The molecule has 0 spiro atoms. The van der Waals surface area contributed by atoms with E-state index in [4.69, 9.17) is 5.73 Å². The van der Waals surface area contributed by atoms with E-state index in [0.29, 0.717) is 0 Å². The highest BCUT2D eigenvalue weighted by atomic mass is 16.2. The van der Waals surface area contributed by atoms with E-state index in [2.05, 4.69) is 5.10 Å². The zero-order valence-electron chi connectivity index (χ0n) is 11.6. The maximum absolute atomic E-state index is 11.7. The van der Waals surface area contributed by atoms with Crippen molar-refractivity contribution in [2.45, 2.75) is 13.8 Å². The number of primary amides is 1. The number of urea groups is 1. The first kappa shape index (κ1) is 13.8. The fraction of sp³-hybridized carbons (Fsp3) is 0.125. The zero-order chi connectivity index (χ0) is 14.5. The molecule has 0 aliphatic heterocycles. The fourth-order valence-corrected chi connectivity index (χ4v) is 2.03. The highest BCUT2D eigenvalue weighted by Crippen LogP contribution is 2.24. The lowest BCUT2D eigenvalue weighted by Gasteiger charge is -2.19. The van der Waals surface area contributed by atoms with Crippen molar-refractivity contribution in [1.82, 2.24) is 0 Å². The molecule has 2 amide bonds. The Kier molecular flexibility index (Phi) is 4.15. The van der Waals surface area contributed by atoms with E-state index in [-0.39, 0.29) is 0 Å². The number of nitrogens with zero attached hydrogens (tertiary/aromatic N) is 2. The van der Waals surface area contributed by atoms with Gasteiger partial charge in [-0.15, -0.1) is 0 Å². The Morgan fingerprint density at radius 2 is 1.65 bits per heavy atom. The zero-order valence-corrected chi connectivity index (χ0v) is 11.6. The molecule has 0 unspecified atom stereocenters. The number of amides is 2. The van der Waals surface area contributed by atoms with Gasteiger partial charge in [0.15, 0.2) is 0 Å². The maximum Gasteiger partial charge on any atom is 0.340 e. The summed E-state index contributed by atoms with van der Waals surface area (Å²) in [5.74, 6) is 0. The third-order valence-electron chi connectivity index (χ3n) is 2.98. The molecule has 0 radical (unpaired) electrons. The van der Waals surface area contributed by atoms with Crippen LogP contribution in [-0.4, -0.2) is 12.2 Å². The molecule has 0 bridgehead atoms. The van der Waals surface area contributed by atoms with Crippen LogP contribution in [0.25, 0.3) is 0 Å². The summed E-state index contributed by atoms with van der Waals surface area (Å²) >= 11 is 0. The predicted octanol–water partition coefficient (Wildman–Crippen LogP) is 3.22. The summed E-state index contributed by atoms with van der Waals surface area (Å²) in [6.07, 6.45) is 1.62. The maximum atomic E-state index is 11.7. The molecule has 0 heterocycles. The van der Waals surface area contributed by atoms with Crippen molar-refractivity contribution in [2.75, 3.05) is 5.01 Å². The molecule has 102 valence electrons. The molecule has 4 nitrogen and oxygen atoms in total. The van der Waals surface area contributed by atoms with Gasteiger partial charge in [-0.2, -0.15) is 10.1 Å². The van der Waals surface area contributed by atoms with E-state index in [1.54, 1.807) is 6.21 Å². The van der Waals surface area contributed by atoms with E-state index in [9.17, 15) is 4.79 Å². The van der Waals surface area contributed by atoms with Crippen LogP contribution in [0.2, 0.25) is 0 Å². The molecule has 2 aromatic carbocycles. The molecule has 0 aromatic heterocycles. The number of carbonyl (C=O) groups is 1. The monoisotopic (exact) mass is 267 g/mol. The molecule has 20 heavy (non-hydrogen) atoms. The molecule has 2 rings (SSSR count). The van der Waals surface area contributed by atoms with Gasteiger partial charge in [0.25, 0.3) is 0 Å². The number of hydrazone groups is 1. The van der Waals surface area contributed by atoms with Gasteiger partial charge in [0.1, 0.15) is 0 Å². The molecule has 0 aliphatic rings. The molecule has 0 saturated heterocycles. The second kappa shape index (κ2) is 6.02. The number of carbonyl (C=O) groups excluding carboxylic acids is 1. The van der Waals surface area contributed by atoms with E-state index < -0.39 is 6.03 Å². The fourth-order valence-electron chi connectivity index (χ4n) is 2.03. The average Bonchev–Trinajstić information content (AvgIpc) is 2.42. The van der Waals surface area contributed by atoms with Crippen LogP contribution in [0.1, 0.15) is 16.7 Å². The van der Waals surface area contributed by atoms with E-state index >= 15 is 0 Å². The molecular weight excluding hydrogens is 250 g/mol. The van der Waals surface area contributed by atoms with Crippen LogP contribution in [0.15, 0.2) is 53.6 Å². The van der Waals surface area contributed by atoms with Crippen molar-refractivity contribution < 1.29 is 4.79 Å². The molecule has 2 aromatic rings.